The first kappa shape index (κ1) is 15.0. The normalized spacial score (nSPS) is 11.9. The van der Waals surface area contributed by atoms with Crippen molar-refractivity contribution < 1.29 is 14.3 Å². The summed E-state index contributed by atoms with van der Waals surface area (Å²) < 4.78 is 10.9. The van der Waals surface area contributed by atoms with E-state index in [0.717, 1.165) is 16.5 Å². The van der Waals surface area contributed by atoms with Crippen LogP contribution in [0.2, 0.25) is 0 Å². The Morgan fingerprint density at radius 3 is 2.39 bits per heavy atom. The average Bonchev–Trinajstić information content (AvgIpc) is 2.61. The van der Waals surface area contributed by atoms with E-state index in [4.69, 9.17) is 9.47 Å². The summed E-state index contributed by atoms with van der Waals surface area (Å²) in [5.41, 5.74) is 1.21. The zero-order valence-electron chi connectivity index (χ0n) is 13.0. The Balaban J connectivity index is 2.02. The molecule has 0 aliphatic heterocycles. The molecule has 0 aliphatic carbocycles. The maximum absolute atomic E-state index is 12.1. The number of methoxy groups -OCH3 is 1. The highest BCUT2D eigenvalue weighted by Crippen LogP contribution is 2.30. The number of benzene rings is 2. The van der Waals surface area contributed by atoms with Gasteiger partial charge in [0, 0.05) is 6.20 Å². The predicted octanol–water partition coefficient (Wildman–Crippen LogP) is 4.16. The second-order valence-corrected chi connectivity index (χ2v) is 5.20. The molecule has 0 spiro atoms. The lowest BCUT2D eigenvalue weighted by atomic mass is 10.1. The van der Waals surface area contributed by atoms with E-state index in [0.29, 0.717) is 11.3 Å². The van der Waals surface area contributed by atoms with Crippen molar-refractivity contribution in [1.82, 2.24) is 4.98 Å². The number of carbonyl (C=O) groups is 1. The van der Waals surface area contributed by atoms with Gasteiger partial charge in [-0.25, -0.2) is 4.79 Å². The van der Waals surface area contributed by atoms with Crippen LogP contribution >= 0.6 is 0 Å². The van der Waals surface area contributed by atoms with Crippen molar-refractivity contribution in [2.75, 3.05) is 7.11 Å². The van der Waals surface area contributed by atoms with Gasteiger partial charge in [-0.15, -0.1) is 0 Å². The Labute approximate surface area is 134 Å². The molecule has 1 atom stereocenters. The van der Waals surface area contributed by atoms with E-state index in [1.54, 1.807) is 12.3 Å². The van der Waals surface area contributed by atoms with Crippen molar-refractivity contribution in [2.45, 2.75) is 13.0 Å². The maximum atomic E-state index is 12.1. The number of aromatic nitrogens is 1. The maximum Gasteiger partial charge on any atom is 0.341 e. The molecule has 1 unspecified atom stereocenters. The summed E-state index contributed by atoms with van der Waals surface area (Å²) in [6.07, 6.45) is 1.44. The van der Waals surface area contributed by atoms with Crippen LogP contribution in [-0.2, 0) is 4.74 Å². The minimum absolute atomic E-state index is 0.277. The number of esters is 1. The van der Waals surface area contributed by atoms with Gasteiger partial charge in [0.2, 0.25) is 0 Å². The lowest BCUT2D eigenvalue weighted by Crippen LogP contribution is -2.10. The van der Waals surface area contributed by atoms with Gasteiger partial charge in [0.1, 0.15) is 17.4 Å². The Kier molecular flexibility index (Phi) is 4.24. The molecule has 23 heavy (non-hydrogen) atoms. The van der Waals surface area contributed by atoms with E-state index in [2.05, 4.69) is 4.98 Å². The molecule has 4 nitrogen and oxygen atoms in total. The molecule has 0 saturated heterocycles. The van der Waals surface area contributed by atoms with Gasteiger partial charge in [0.05, 0.1) is 12.8 Å². The molecule has 0 saturated carbocycles. The largest absolute Gasteiger partial charge is 0.483 e. The Bertz CT molecular complexity index is 830. The number of hydrogen-bond acceptors (Lipinski definition) is 4. The van der Waals surface area contributed by atoms with E-state index in [1.165, 1.54) is 7.11 Å². The molecular weight excluding hydrogens is 290 g/mol. The number of pyridine rings is 1. The molecule has 3 rings (SSSR count). The third-order valence-corrected chi connectivity index (χ3v) is 3.66. The highest BCUT2D eigenvalue weighted by Gasteiger charge is 2.17. The first-order chi connectivity index (χ1) is 11.2. The van der Waals surface area contributed by atoms with Crippen LogP contribution in [0.3, 0.4) is 0 Å². The van der Waals surface area contributed by atoms with Crippen LogP contribution in [-0.4, -0.2) is 18.1 Å². The van der Waals surface area contributed by atoms with E-state index < -0.39 is 5.97 Å². The van der Waals surface area contributed by atoms with Crippen LogP contribution < -0.4 is 4.74 Å². The smallest absolute Gasteiger partial charge is 0.341 e. The molecule has 0 radical (unpaired) electrons. The third kappa shape index (κ3) is 3.16. The van der Waals surface area contributed by atoms with Crippen LogP contribution in [0.5, 0.6) is 5.75 Å². The first-order valence-electron chi connectivity index (χ1n) is 7.37. The predicted molar refractivity (Wildman–Crippen MR) is 88.6 cm³/mol. The van der Waals surface area contributed by atoms with Crippen LogP contribution in [0, 0.1) is 0 Å². The second kappa shape index (κ2) is 6.48. The fourth-order valence-electron chi connectivity index (χ4n) is 2.45. The van der Waals surface area contributed by atoms with Gasteiger partial charge in [-0.1, -0.05) is 30.3 Å². The summed E-state index contributed by atoms with van der Waals surface area (Å²) in [6.45, 7) is 1.90. The molecule has 4 heteroatoms. The van der Waals surface area contributed by atoms with E-state index in [1.807, 2.05) is 55.5 Å². The van der Waals surface area contributed by atoms with Gasteiger partial charge in [0.25, 0.3) is 0 Å². The lowest BCUT2D eigenvalue weighted by Gasteiger charge is -2.17. The minimum Gasteiger partial charge on any atom is -0.483 e. The molecule has 0 fully saturated rings. The topological polar surface area (TPSA) is 48.4 Å². The zero-order valence-corrected chi connectivity index (χ0v) is 13.0. The second-order valence-electron chi connectivity index (χ2n) is 5.20. The van der Waals surface area contributed by atoms with Gasteiger partial charge in [-0.3, -0.25) is 4.98 Å². The van der Waals surface area contributed by atoms with E-state index >= 15 is 0 Å². The number of carbonyl (C=O) groups excluding carboxylic acids is 1. The Morgan fingerprint density at radius 2 is 1.74 bits per heavy atom. The lowest BCUT2D eigenvalue weighted by molar-refractivity contribution is 0.0593. The summed E-state index contributed by atoms with van der Waals surface area (Å²) in [7, 11) is 1.36. The summed E-state index contributed by atoms with van der Waals surface area (Å²) in [4.78, 5) is 16.4. The number of hydrogen-bond donors (Lipinski definition) is 0. The van der Waals surface area contributed by atoms with E-state index in [-0.39, 0.29) is 6.10 Å². The highest BCUT2D eigenvalue weighted by atomic mass is 16.5. The molecule has 0 aliphatic rings. The number of fused-ring (bicyclic) bond motifs is 1. The third-order valence-electron chi connectivity index (χ3n) is 3.66. The van der Waals surface area contributed by atoms with Gasteiger partial charge in [-0.05, 0) is 42.0 Å². The van der Waals surface area contributed by atoms with Crippen molar-refractivity contribution in [3.8, 4) is 5.75 Å². The summed E-state index contributed by atoms with van der Waals surface area (Å²) in [5.74, 6) is 0.0766. The van der Waals surface area contributed by atoms with Crippen molar-refractivity contribution in [1.29, 1.82) is 0 Å². The molecule has 1 aromatic heterocycles. The van der Waals surface area contributed by atoms with Crippen LogP contribution in [0.25, 0.3) is 10.8 Å². The fraction of sp³-hybridized carbons (Fsp3) is 0.158. The summed E-state index contributed by atoms with van der Waals surface area (Å²) in [6, 6.07) is 17.1. The molecule has 2 aromatic carbocycles. The molecule has 116 valence electrons. The van der Waals surface area contributed by atoms with E-state index in [9.17, 15) is 4.79 Å². The zero-order chi connectivity index (χ0) is 16.2. The summed E-state index contributed by atoms with van der Waals surface area (Å²) >= 11 is 0. The van der Waals surface area contributed by atoms with Crippen LogP contribution in [0.15, 0.2) is 60.8 Å². The molecule has 1 heterocycles. The van der Waals surface area contributed by atoms with Crippen LogP contribution in [0.1, 0.15) is 29.1 Å². The van der Waals surface area contributed by atoms with Crippen LogP contribution in [0.4, 0.5) is 0 Å². The molecule has 0 N–H and O–H groups in total. The minimum atomic E-state index is -0.418. The number of ether oxygens (including phenoxy) is 2. The highest BCUT2D eigenvalue weighted by molar-refractivity contribution is 5.98. The van der Waals surface area contributed by atoms with Crippen molar-refractivity contribution in [2.24, 2.45) is 0 Å². The Hall–Kier alpha value is -2.88. The first-order valence-corrected chi connectivity index (χ1v) is 7.37. The molecule has 0 bridgehead atoms. The van der Waals surface area contributed by atoms with Crippen molar-refractivity contribution in [3.05, 3.63) is 72.1 Å². The Morgan fingerprint density at radius 1 is 1.04 bits per heavy atom. The van der Waals surface area contributed by atoms with Gasteiger partial charge < -0.3 is 9.47 Å². The number of rotatable bonds is 4. The van der Waals surface area contributed by atoms with Gasteiger partial charge >= 0.3 is 5.97 Å². The summed E-state index contributed by atoms with van der Waals surface area (Å²) in [5, 5.41) is 1.97. The van der Waals surface area contributed by atoms with Gasteiger partial charge in [0.15, 0.2) is 0 Å². The number of nitrogens with zero attached hydrogens (tertiary/aromatic N) is 1. The molecular formula is C19H17NO3. The fourth-order valence-corrected chi connectivity index (χ4v) is 2.45. The standard InChI is InChI=1S/C19H17NO3/c1-13(17-9-5-6-10-20-17)23-18-12-15-8-4-3-7-14(15)11-16(18)19(21)22-2/h3-13H,1-2H3. The SMILES string of the molecule is COC(=O)c1cc2ccccc2cc1OC(C)c1ccccn1. The van der Waals surface area contributed by atoms with Crippen molar-refractivity contribution >= 4 is 16.7 Å². The average molecular weight is 307 g/mol. The van der Waals surface area contributed by atoms with Crippen molar-refractivity contribution in [3.63, 3.8) is 0 Å². The molecule has 3 aromatic rings. The van der Waals surface area contributed by atoms with Gasteiger partial charge in [-0.2, -0.15) is 0 Å². The quantitative estimate of drug-likeness (QED) is 0.679. The molecule has 0 amide bonds. The monoisotopic (exact) mass is 307 g/mol.